The molecule has 256 valence electrons. The minimum Gasteiger partial charge on any atom is -0.449 e. The molecule has 5 aliphatic rings. The Labute approximate surface area is 314 Å². The molecule has 0 radical (unpaired) electrons. The molecule has 0 bridgehead atoms. The summed E-state index contributed by atoms with van der Waals surface area (Å²) in [5.41, 5.74) is 9.65. The smallest absolute Gasteiger partial charge is 0.172 e. The lowest BCUT2D eigenvalue weighted by atomic mass is 9.65. The Morgan fingerprint density at radius 1 is 0.500 bits per heavy atom. The second-order valence-corrected chi connectivity index (χ2v) is 15.2. The Balaban J connectivity index is 0.991. The van der Waals surface area contributed by atoms with E-state index in [4.69, 9.17) is 9.47 Å². The maximum atomic E-state index is 6.88. The summed E-state index contributed by atoms with van der Waals surface area (Å²) in [5, 5.41) is 4.81. The Morgan fingerprint density at radius 3 is 1.93 bits per heavy atom. The summed E-state index contributed by atoms with van der Waals surface area (Å²) >= 11 is 0. The van der Waals surface area contributed by atoms with Crippen LogP contribution >= 0.6 is 0 Å². The molecule has 1 saturated carbocycles. The van der Waals surface area contributed by atoms with E-state index in [0.29, 0.717) is 23.5 Å². The van der Waals surface area contributed by atoms with Gasteiger partial charge >= 0.3 is 0 Å². The van der Waals surface area contributed by atoms with Crippen LogP contribution in [0.5, 0.6) is 23.0 Å². The van der Waals surface area contributed by atoms with Gasteiger partial charge in [0, 0.05) is 28.8 Å². The standard InChI is InChI=1S/C51H35NO2/c1-3-13-34-27-36(23-21-32(34)11-1)52(37-24-22-33-12-2-4-14-35(33)28-37)38-25-26-47-48(29-38)54-49-30-42-41-17-7-10-20-45(41)51(46(42)31-50(49)53-47)43-18-8-5-15-39(43)40-16-6-9-19-44(40)51/h1-15,17-31,39-40,43H,16H2. The molecule has 54 heavy (non-hydrogen) atoms. The summed E-state index contributed by atoms with van der Waals surface area (Å²) in [6.07, 6.45) is 17.5. The molecule has 1 spiro atoms. The summed E-state index contributed by atoms with van der Waals surface area (Å²) in [7, 11) is 0. The molecule has 3 nitrogen and oxygen atoms in total. The highest BCUT2D eigenvalue weighted by Gasteiger charge is 2.60. The molecule has 0 saturated heterocycles. The topological polar surface area (TPSA) is 21.7 Å². The molecule has 1 heterocycles. The van der Waals surface area contributed by atoms with Gasteiger partial charge in [-0.2, -0.15) is 0 Å². The SMILES string of the molecule is C1=CCC2C(=C1)C1(c3ccccc3-c3cc4c(cc31)Oc1ccc(N(c3ccc5ccccc5c3)c3ccc5ccccc5c3)cc1O4)C1C=CC=CC21. The van der Waals surface area contributed by atoms with E-state index in [0.717, 1.165) is 40.7 Å². The van der Waals surface area contributed by atoms with E-state index in [2.05, 4.69) is 187 Å². The van der Waals surface area contributed by atoms with Crippen LogP contribution in [0.25, 0.3) is 32.7 Å². The van der Waals surface area contributed by atoms with Crippen molar-refractivity contribution in [3.8, 4) is 34.1 Å². The maximum absolute atomic E-state index is 6.88. The third-order valence-electron chi connectivity index (χ3n) is 12.6. The van der Waals surface area contributed by atoms with E-state index in [1.807, 2.05) is 0 Å². The largest absolute Gasteiger partial charge is 0.449 e. The Morgan fingerprint density at radius 2 is 1.13 bits per heavy atom. The van der Waals surface area contributed by atoms with Crippen molar-refractivity contribution in [1.29, 1.82) is 0 Å². The third kappa shape index (κ3) is 4.12. The van der Waals surface area contributed by atoms with Crippen LogP contribution in [0, 0.1) is 17.8 Å². The molecular weight excluding hydrogens is 659 g/mol. The number of anilines is 3. The van der Waals surface area contributed by atoms with Crippen molar-refractivity contribution in [2.75, 3.05) is 4.90 Å². The first-order valence-corrected chi connectivity index (χ1v) is 19.0. The van der Waals surface area contributed by atoms with Crippen LogP contribution in [0.15, 0.2) is 188 Å². The van der Waals surface area contributed by atoms with Crippen LogP contribution in [0.4, 0.5) is 17.1 Å². The number of hydrogen-bond acceptors (Lipinski definition) is 3. The zero-order valence-corrected chi connectivity index (χ0v) is 29.5. The van der Waals surface area contributed by atoms with Crippen LogP contribution in [-0.4, -0.2) is 0 Å². The van der Waals surface area contributed by atoms with Crippen molar-refractivity contribution in [1.82, 2.24) is 0 Å². The fraction of sp³-hybridized carbons (Fsp3) is 0.0980. The molecule has 12 rings (SSSR count). The predicted molar refractivity (Wildman–Crippen MR) is 220 cm³/mol. The van der Waals surface area contributed by atoms with Gasteiger partial charge < -0.3 is 14.4 Å². The van der Waals surface area contributed by atoms with Gasteiger partial charge in [-0.3, -0.25) is 0 Å². The highest BCUT2D eigenvalue weighted by atomic mass is 16.6. The zero-order chi connectivity index (χ0) is 35.4. The Kier molecular flexibility index (Phi) is 6.22. The molecule has 1 fully saturated rings. The second-order valence-electron chi connectivity index (χ2n) is 15.2. The Bertz CT molecular complexity index is 2780. The lowest BCUT2D eigenvalue weighted by Gasteiger charge is -2.36. The van der Waals surface area contributed by atoms with Crippen molar-refractivity contribution in [2.24, 2.45) is 17.8 Å². The van der Waals surface area contributed by atoms with Crippen LogP contribution in [-0.2, 0) is 5.41 Å². The highest BCUT2D eigenvalue weighted by Crippen LogP contribution is 2.68. The van der Waals surface area contributed by atoms with E-state index in [1.54, 1.807) is 0 Å². The average molecular weight is 694 g/mol. The van der Waals surface area contributed by atoms with Crippen molar-refractivity contribution in [3.63, 3.8) is 0 Å². The van der Waals surface area contributed by atoms with Gasteiger partial charge in [0.15, 0.2) is 23.0 Å². The fourth-order valence-corrected chi connectivity index (χ4v) is 10.3. The number of benzene rings is 7. The summed E-state index contributed by atoms with van der Waals surface area (Å²) in [4.78, 5) is 2.31. The van der Waals surface area contributed by atoms with E-state index in [1.165, 1.54) is 49.4 Å². The van der Waals surface area contributed by atoms with E-state index in [9.17, 15) is 0 Å². The monoisotopic (exact) mass is 693 g/mol. The first-order chi connectivity index (χ1) is 26.7. The van der Waals surface area contributed by atoms with Gasteiger partial charge in [-0.05, 0) is 111 Å². The van der Waals surface area contributed by atoms with Crippen LogP contribution in [0.2, 0.25) is 0 Å². The molecular formula is C51H35NO2. The second kappa shape index (κ2) is 11.2. The van der Waals surface area contributed by atoms with Gasteiger partial charge in [-0.15, -0.1) is 0 Å². The minimum atomic E-state index is -0.254. The quantitative estimate of drug-likeness (QED) is 0.184. The Hall–Kier alpha value is -6.58. The lowest BCUT2D eigenvalue weighted by Crippen LogP contribution is -2.33. The van der Waals surface area contributed by atoms with Gasteiger partial charge in [-0.1, -0.05) is 133 Å². The number of fused-ring (bicyclic) bond motifs is 14. The zero-order valence-electron chi connectivity index (χ0n) is 29.5. The van der Waals surface area contributed by atoms with Gasteiger partial charge in [0.2, 0.25) is 0 Å². The molecule has 4 aliphatic carbocycles. The van der Waals surface area contributed by atoms with Crippen LogP contribution in [0.1, 0.15) is 17.5 Å². The van der Waals surface area contributed by atoms with Gasteiger partial charge in [0.05, 0.1) is 5.69 Å². The molecule has 4 unspecified atom stereocenters. The summed E-state index contributed by atoms with van der Waals surface area (Å²) in [6.45, 7) is 0. The van der Waals surface area contributed by atoms with Crippen LogP contribution < -0.4 is 14.4 Å². The number of ether oxygens (including phenoxy) is 2. The molecule has 0 aromatic heterocycles. The first-order valence-electron chi connectivity index (χ1n) is 19.0. The number of hydrogen-bond donors (Lipinski definition) is 0. The molecule has 3 heteroatoms. The fourth-order valence-electron chi connectivity index (χ4n) is 10.3. The van der Waals surface area contributed by atoms with Crippen LogP contribution in [0.3, 0.4) is 0 Å². The highest BCUT2D eigenvalue weighted by molar-refractivity contribution is 5.93. The van der Waals surface area contributed by atoms with E-state index >= 15 is 0 Å². The number of nitrogens with zero attached hydrogens (tertiary/aromatic N) is 1. The number of rotatable bonds is 3. The first kappa shape index (κ1) is 29.9. The predicted octanol–water partition coefficient (Wildman–Crippen LogP) is 13.5. The van der Waals surface area contributed by atoms with Gasteiger partial charge in [0.25, 0.3) is 0 Å². The maximum Gasteiger partial charge on any atom is 0.172 e. The molecule has 1 aliphatic heterocycles. The summed E-state index contributed by atoms with van der Waals surface area (Å²) in [6, 6.07) is 50.3. The molecule has 0 amide bonds. The third-order valence-corrected chi connectivity index (χ3v) is 12.6. The molecule has 0 N–H and O–H groups in total. The number of allylic oxidation sites excluding steroid dienone is 8. The van der Waals surface area contributed by atoms with Crippen molar-refractivity contribution in [2.45, 2.75) is 11.8 Å². The summed E-state index contributed by atoms with van der Waals surface area (Å²) < 4.78 is 13.7. The average Bonchev–Trinajstić information content (AvgIpc) is 3.69. The van der Waals surface area contributed by atoms with Crippen molar-refractivity contribution >= 4 is 38.6 Å². The molecule has 7 aromatic carbocycles. The molecule has 4 atom stereocenters. The minimum absolute atomic E-state index is 0.254. The van der Waals surface area contributed by atoms with E-state index in [-0.39, 0.29) is 5.41 Å². The normalized spacial score (nSPS) is 22.1. The lowest BCUT2D eigenvalue weighted by molar-refractivity contribution is 0.357. The van der Waals surface area contributed by atoms with Crippen molar-refractivity contribution in [3.05, 3.63) is 199 Å². The van der Waals surface area contributed by atoms with Crippen molar-refractivity contribution < 1.29 is 9.47 Å². The summed E-state index contributed by atoms with van der Waals surface area (Å²) in [5.74, 6) is 4.19. The van der Waals surface area contributed by atoms with E-state index < -0.39 is 0 Å². The molecule has 7 aromatic rings. The van der Waals surface area contributed by atoms with Gasteiger partial charge in [0.1, 0.15) is 0 Å². The van der Waals surface area contributed by atoms with Gasteiger partial charge in [-0.25, -0.2) is 0 Å².